The topological polar surface area (TPSA) is 44.8 Å². The Kier molecular flexibility index (Phi) is 17.4. The molecule has 0 bridgehead atoms. The molecule has 214 valence electrons. The quantitative estimate of drug-likeness (QED) is 0.0652. The molecule has 0 aromatic heterocycles. The molecule has 0 amide bonds. The summed E-state index contributed by atoms with van der Waals surface area (Å²) in [5.41, 5.74) is 2.23. The Morgan fingerprint density at radius 3 is 1.92 bits per heavy atom. The van der Waals surface area contributed by atoms with E-state index in [0.29, 0.717) is 18.6 Å². The van der Waals surface area contributed by atoms with Crippen molar-refractivity contribution < 1.29 is 19.0 Å². The van der Waals surface area contributed by atoms with Crippen LogP contribution in [0.5, 0.6) is 11.5 Å². The number of hydrogen-bond donors (Lipinski definition) is 0. The number of hydrogen-bond acceptors (Lipinski definition) is 4. The van der Waals surface area contributed by atoms with Crippen molar-refractivity contribution in [1.29, 1.82) is 0 Å². The molecule has 1 unspecified atom stereocenters. The number of rotatable bonds is 22. The zero-order valence-corrected chi connectivity index (χ0v) is 24.4. The van der Waals surface area contributed by atoms with Crippen LogP contribution in [0.2, 0.25) is 0 Å². The van der Waals surface area contributed by atoms with Gasteiger partial charge in [-0.3, -0.25) is 4.79 Å². The van der Waals surface area contributed by atoms with Gasteiger partial charge in [0.2, 0.25) is 6.29 Å². The summed E-state index contributed by atoms with van der Waals surface area (Å²) >= 11 is 0. The molecule has 0 aliphatic carbocycles. The lowest BCUT2D eigenvalue weighted by molar-refractivity contribution is -0.164. The van der Waals surface area contributed by atoms with E-state index in [1.165, 1.54) is 32.1 Å². The monoisotopic (exact) mass is 534 g/mol. The van der Waals surface area contributed by atoms with Gasteiger partial charge >= 0.3 is 5.97 Å². The van der Waals surface area contributed by atoms with Crippen LogP contribution in [0.25, 0.3) is 11.1 Å². The third kappa shape index (κ3) is 14.7. The molecule has 39 heavy (non-hydrogen) atoms. The fourth-order valence-electron chi connectivity index (χ4n) is 4.45. The van der Waals surface area contributed by atoms with Crippen molar-refractivity contribution >= 4 is 5.97 Å². The summed E-state index contributed by atoms with van der Waals surface area (Å²) in [5.74, 6) is 4.13. The van der Waals surface area contributed by atoms with Gasteiger partial charge < -0.3 is 14.2 Å². The molecule has 2 aromatic rings. The molecule has 4 nitrogen and oxygen atoms in total. The van der Waals surface area contributed by atoms with Crippen LogP contribution < -0.4 is 9.47 Å². The van der Waals surface area contributed by atoms with Crippen LogP contribution in [0.3, 0.4) is 0 Å². The van der Waals surface area contributed by atoms with Crippen LogP contribution in [-0.4, -0.2) is 18.9 Å². The van der Waals surface area contributed by atoms with E-state index in [-0.39, 0.29) is 5.97 Å². The highest BCUT2D eigenvalue weighted by Crippen LogP contribution is 2.26. The molecule has 2 rings (SSSR count). The summed E-state index contributed by atoms with van der Waals surface area (Å²) < 4.78 is 17.7. The van der Waals surface area contributed by atoms with E-state index >= 15 is 0 Å². The standard InChI is InChI=1S/C35H50O4/c1-4-7-10-12-13-14-15-17-19-34(36)39-35(20-16-9-6-3)38-33-27-23-31(24-28-33)30-21-25-32(26-22-30)37-29-18-11-8-5-2/h1,21-28,35H,5-20,29H2,2-3H3. The fraction of sp³-hybridized carbons (Fsp3) is 0.571. The van der Waals surface area contributed by atoms with Gasteiger partial charge in [0.05, 0.1) is 6.61 Å². The molecule has 0 saturated heterocycles. The van der Waals surface area contributed by atoms with Gasteiger partial charge in [0.25, 0.3) is 0 Å². The first-order valence-electron chi connectivity index (χ1n) is 15.3. The second-order valence-electron chi connectivity index (χ2n) is 10.3. The minimum atomic E-state index is -0.549. The molecule has 0 heterocycles. The molecular formula is C35H50O4. The number of carbonyl (C=O) groups excluding carboxylic acids is 1. The third-order valence-corrected chi connectivity index (χ3v) is 6.83. The molecule has 0 radical (unpaired) electrons. The van der Waals surface area contributed by atoms with E-state index in [9.17, 15) is 4.79 Å². The molecule has 0 fully saturated rings. The van der Waals surface area contributed by atoms with Crippen LogP contribution in [0.15, 0.2) is 48.5 Å². The Bertz CT molecular complexity index is 927. The van der Waals surface area contributed by atoms with Crippen molar-refractivity contribution in [2.75, 3.05) is 6.61 Å². The first-order chi connectivity index (χ1) is 19.2. The highest BCUT2D eigenvalue weighted by atomic mass is 16.7. The molecule has 4 heteroatoms. The lowest BCUT2D eigenvalue weighted by atomic mass is 10.1. The number of unbranched alkanes of at least 4 members (excludes halogenated alkanes) is 11. The molecular weight excluding hydrogens is 484 g/mol. The predicted octanol–water partition coefficient (Wildman–Crippen LogP) is 9.90. The SMILES string of the molecule is C#CCCCCCCCCC(=O)OC(CCCCC)Oc1ccc(-c2ccc(OCCCCCC)cc2)cc1. The van der Waals surface area contributed by atoms with Crippen LogP contribution in [0.4, 0.5) is 0 Å². The Hall–Kier alpha value is -2.93. The molecule has 0 aliphatic rings. The summed E-state index contributed by atoms with van der Waals surface area (Å²) in [7, 11) is 0. The number of esters is 1. The first-order valence-corrected chi connectivity index (χ1v) is 15.3. The highest BCUT2D eigenvalue weighted by molar-refractivity contribution is 5.69. The van der Waals surface area contributed by atoms with Gasteiger partial charge in [-0.05, 0) is 61.1 Å². The summed E-state index contributed by atoms with van der Waals surface area (Å²) in [6, 6.07) is 16.2. The zero-order valence-electron chi connectivity index (χ0n) is 24.4. The van der Waals surface area contributed by atoms with Gasteiger partial charge in [-0.1, -0.05) is 95.9 Å². The number of ether oxygens (including phenoxy) is 3. The number of benzene rings is 2. The van der Waals surface area contributed by atoms with Crippen molar-refractivity contribution in [3.8, 4) is 35.0 Å². The van der Waals surface area contributed by atoms with Crippen LogP contribution in [-0.2, 0) is 9.53 Å². The summed E-state index contributed by atoms with van der Waals surface area (Å²) in [4.78, 5) is 12.5. The highest BCUT2D eigenvalue weighted by Gasteiger charge is 2.16. The van der Waals surface area contributed by atoms with Crippen LogP contribution in [0, 0.1) is 12.3 Å². The maximum absolute atomic E-state index is 12.5. The van der Waals surface area contributed by atoms with E-state index in [2.05, 4.69) is 31.9 Å². The Labute approximate surface area is 237 Å². The lowest BCUT2D eigenvalue weighted by Crippen LogP contribution is -2.24. The van der Waals surface area contributed by atoms with E-state index in [1.54, 1.807) is 0 Å². The average molecular weight is 535 g/mol. The van der Waals surface area contributed by atoms with E-state index in [1.807, 2.05) is 36.4 Å². The van der Waals surface area contributed by atoms with Gasteiger partial charge in [-0.15, -0.1) is 12.3 Å². The Balaban J connectivity index is 1.81. The molecule has 1 atom stereocenters. The van der Waals surface area contributed by atoms with Gasteiger partial charge in [0.15, 0.2) is 0 Å². The smallest absolute Gasteiger partial charge is 0.308 e. The molecule has 0 saturated carbocycles. The molecule has 0 N–H and O–H groups in total. The molecule has 0 aliphatic heterocycles. The Morgan fingerprint density at radius 1 is 0.718 bits per heavy atom. The normalized spacial score (nSPS) is 11.5. The van der Waals surface area contributed by atoms with Gasteiger partial charge in [-0.2, -0.15) is 0 Å². The number of carbonyl (C=O) groups is 1. The minimum Gasteiger partial charge on any atom is -0.494 e. The maximum atomic E-state index is 12.5. The first kappa shape index (κ1) is 32.3. The van der Waals surface area contributed by atoms with Gasteiger partial charge in [0.1, 0.15) is 11.5 Å². The molecule has 2 aromatic carbocycles. The zero-order chi connectivity index (χ0) is 28.0. The minimum absolute atomic E-state index is 0.173. The van der Waals surface area contributed by atoms with Gasteiger partial charge in [-0.25, -0.2) is 0 Å². The summed E-state index contributed by atoms with van der Waals surface area (Å²) in [6.45, 7) is 5.15. The van der Waals surface area contributed by atoms with Crippen molar-refractivity contribution in [3.05, 3.63) is 48.5 Å². The second kappa shape index (κ2) is 21.0. The predicted molar refractivity (Wildman–Crippen MR) is 162 cm³/mol. The fourth-order valence-corrected chi connectivity index (χ4v) is 4.45. The summed E-state index contributed by atoms with van der Waals surface area (Å²) in [5, 5.41) is 0. The second-order valence-corrected chi connectivity index (χ2v) is 10.3. The van der Waals surface area contributed by atoms with E-state index in [0.717, 1.165) is 81.3 Å². The van der Waals surface area contributed by atoms with E-state index in [4.69, 9.17) is 20.6 Å². The lowest BCUT2D eigenvalue weighted by Gasteiger charge is -2.20. The van der Waals surface area contributed by atoms with Crippen LogP contribution >= 0.6 is 0 Å². The van der Waals surface area contributed by atoms with Crippen molar-refractivity contribution in [2.24, 2.45) is 0 Å². The van der Waals surface area contributed by atoms with Crippen molar-refractivity contribution in [2.45, 2.75) is 123 Å². The average Bonchev–Trinajstić information content (AvgIpc) is 2.95. The van der Waals surface area contributed by atoms with Gasteiger partial charge in [0, 0.05) is 19.3 Å². The maximum Gasteiger partial charge on any atom is 0.308 e. The van der Waals surface area contributed by atoms with Crippen molar-refractivity contribution in [1.82, 2.24) is 0 Å². The van der Waals surface area contributed by atoms with E-state index < -0.39 is 6.29 Å². The van der Waals surface area contributed by atoms with Crippen LogP contribution in [0.1, 0.15) is 117 Å². The number of terminal acetylenes is 1. The summed E-state index contributed by atoms with van der Waals surface area (Å²) in [6.07, 6.45) is 21.2. The third-order valence-electron chi connectivity index (χ3n) is 6.83. The van der Waals surface area contributed by atoms with Crippen molar-refractivity contribution in [3.63, 3.8) is 0 Å². The largest absolute Gasteiger partial charge is 0.494 e. The Morgan fingerprint density at radius 2 is 1.28 bits per heavy atom. The molecule has 0 spiro atoms.